The Kier molecular flexibility index (Phi) is 8.46. The maximum absolute atomic E-state index is 12.3. The molecular weight excluding hydrogens is 382 g/mol. The number of benzene rings is 2. The summed E-state index contributed by atoms with van der Waals surface area (Å²) < 4.78 is 5.39. The molecule has 1 aliphatic rings. The molecule has 2 atom stereocenters. The van der Waals surface area contributed by atoms with E-state index in [2.05, 4.69) is 34.9 Å². The smallest absolute Gasteiger partial charge is 0.407 e. The van der Waals surface area contributed by atoms with Crippen LogP contribution in [0.2, 0.25) is 0 Å². The zero-order chi connectivity index (χ0) is 20.3. The van der Waals surface area contributed by atoms with Crippen LogP contribution < -0.4 is 16.4 Å². The van der Waals surface area contributed by atoms with Crippen molar-refractivity contribution in [1.82, 2.24) is 10.6 Å². The summed E-state index contributed by atoms with van der Waals surface area (Å²) in [5.74, 6) is 0.830. The van der Waals surface area contributed by atoms with Crippen LogP contribution in [0.4, 0.5) is 4.79 Å². The first-order valence-electron chi connectivity index (χ1n) is 10.0. The van der Waals surface area contributed by atoms with Crippen molar-refractivity contribution in [2.75, 3.05) is 12.5 Å². The van der Waals surface area contributed by atoms with Crippen LogP contribution in [0.1, 0.15) is 24.0 Å². The maximum atomic E-state index is 12.3. The van der Waals surface area contributed by atoms with Crippen molar-refractivity contribution in [3.05, 3.63) is 82.9 Å². The van der Waals surface area contributed by atoms with Crippen molar-refractivity contribution in [2.45, 2.75) is 37.8 Å². The topological polar surface area (TPSA) is 76.4 Å². The minimum absolute atomic E-state index is 0.0185. The molecule has 0 fully saturated rings. The van der Waals surface area contributed by atoms with Gasteiger partial charge in [0.25, 0.3) is 0 Å². The van der Waals surface area contributed by atoms with Gasteiger partial charge in [0.05, 0.1) is 5.88 Å². The lowest BCUT2D eigenvalue weighted by atomic mass is 9.96. The fourth-order valence-electron chi connectivity index (χ4n) is 3.32. The highest BCUT2D eigenvalue weighted by Gasteiger charge is 2.17. The summed E-state index contributed by atoms with van der Waals surface area (Å²) in [6.45, 7) is 0.301. The first-order valence-corrected chi connectivity index (χ1v) is 11.0. The van der Waals surface area contributed by atoms with Crippen LogP contribution in [0.15, 0.2) is 71.8 Å². The van der Waals surface area contributed by atoms with Gasteiger partial charge >= 0.3 is 6.09 Å². The molecule has 4 N–H and O–H groups in total. The predicted octanol–water partition coefficient (Wildman–Crippen LogP) is 3.81. The quantitative estimate of drug-likeness (QED) is 0.554. The molecule has 154 valence electrons. The third kappa shape index (κ3) is 7.83. The Bertz CT molecular complexity index is 783. The molecule has 1 amide bonds. The zero-order valence-electron chi connectivity index (χ0n) is 16.6. The van der Waals surface area contributed by atoms with Gasteiger partial charge in [0, 0.05) is 23.2 Å². The molecule has 29 heavy (non-hydrogen) atoms. The average molecular weight is 412 g/mol. The Morgan fingerprint density at radius 2 is 1.69 bits per heavy atom. The molecule has 1 aliphatic heterocycles. The van der Waals surface area contributed by atoms with E-state index in [1.807, 2.05) is 42.6 Å². The van der Waals surface area contributed by atoms with Gasteiger partial charge in [-0.15, -0.1) is 11.8 Å². The summed E-state index contributed by atoms with van der Waals surface area (Å²) in [6, 6.07) is 20.5. The summed E-state index contributed by atoms with van der Waals surface area (Å²) in [7, 11) is 0. The van der Waals surface area contributed by atoms with Crippen molar-refractivity contribution < 1.29 is 9.53 Å². The van der Waals surface area contributed by atoms with Crippen molar-refractivity contribution in [2.24, 2.45) is 5.73 Å². The van der Waals surface area contributed by atoms with E-state index < -0.39 is 0 Å². The molecule has 1 heterocycles. The Balaban J connectivity index is 1.51. The third-order valence-corrected chi connectivity index (χ3v) is 5.74. The lowest BCUT2D eigenvalue weighted by Crippen LogP contribution is -2.38. The number of thioether (sulfide) groups is 1. The minimum Gasteiger partial charge on any atom is -0.444 e. The van der Waals surface area contributed by atoms with Crippen LogP contribution in [0.25, 0.3) is 0 Å². The predicted molar refractivity (Wildman–Crippen MR) is 119 cm³/mol. The van der Waals surface area contributed by atoms with Gasteiger partial charge in [-0.2, -0.15) is 0 Å². The van der Waals surface area contributed by atoms with Gasteiger partial charge < -0.3 is 21.1 Å². The largest absolute Gasteiger partial charge is 0.444 e. The number of amides is 1. The monoisotopic (exact) mass is 411 g/mol. The molecule has 3 rings (SSSR count). The van der Waals surface area contributed by atoms with E-state index in [1.54, 1.807) is 11.8 Å². The summed E-state index contributed by atoms with van der Waals surface area (Å²) in [4.78, 5) is 13.3. The molecule has 6 heteroatoms. The number of ether oxygens (including phenoxy) is 1. The molecule has 0 saturated carbocycles. The van der Waals surface area contributed by atoms with Gasteiger partial charge in [-0.3, -0.25) is 0 Å². The van der Waals surface area contributed by atoms with Gasteiger partial charge in [-0.1, -0.05) is 60.7 Å². The number of nitrogens with two attached hydrogens (primary N) is 1. The van der Waals surface area contributed by atoms with Crippen LogP contribution in [-0.2, 0) is 17.6 Å². The molecule has 5 nitrogen and oxygen atoms in total. The lowest BCUT2D eigenvalue weighted by Gasteiger charge is -2.21. The van der Waals surface area contributed by atoms with Crippen LogP contribution in [-0.4, -0.2) is 30.7 Å². The molecule has 0 spiro atoms. The summed E-state index contributed by atoms with van der Waals surface area (Å²) in [6.07, 6.45) is 4.74. The highest BCUT2D eigenvalue weighted by atomic mass is 32.2. The highest BCUT2D eigenvalue weighted by Crippen LogP contribution is 2.18. The SMILES string of the molecule is N[C@H](CC[C@H](Cc1ccccc1)NC(=O)OCC1=CNCS1)Cc1ccccc1. The van der Waals surface area contributed by atoms with E-state index in [0.717, 1.165) is 36.5 Å². The number of hydrogen-bond acceptors (Lipinski definition) is 5. The summed E-state index contributed by atoms with van der Waals surface area (Å²) >= 11 is 1.65. The lowest BCUT2D eigenvalue weighted by molar-refractivity contribution is 0.152. The Hall–Kier alpha value is -2.44. The average Bonchev–Trinajstić information content (AvgIpc) is 3.26. The van der Waals surface area contributed by atoms with Crippen LogP contribution in [0.5, 0.6) is 0 Å². The number of alkyl carbamates (subject to hydrolysis) is 1. The second kappa shape index (κ2) is 11.5. The first kappa shape index (κ1) is 21.3. The number of carbonyl (C=O) groups excluding carboxylic acids is 1. The first-order chi connectivity index (χ1) is 14.2. The zero-order valence-corrected chi connectivity index (χ0v) is 17.4. The Labute approximate surface area is 177 Å². The second-order valence-electron chi connectivity index (χ2n) is 7.24. The van der Waals surface area contributed by atoms with Gasteiger partial charge in [0.2, 0.25) is 0 Å². The van der Waals surface area contributed by atoms with Crippen LogP contribution >= 0.6 is 11.8 Å². The van der Waals surface area contributed by atoms with Crippen LogP contribution in [0.3, 0.4) is 0 Å². The van der Waals surface area contributed by atoms with Gasteiger partial charge in [0.15, 0.2) is 0 Å². The fraction of sp³-hybridized carbons (Fsp3) is 0.348. The van der Waals surface area contributed by atoms with E-state index in [4.69, 9.17) is 10.5 Å². The third-order valence-electron chi connectivity index (χ3n) is 4.82. The van der Waals surface area contributed by atoms with Crippen molar-refractivity contribution in [1.29, 1.82) is 0 Å². The maximum Gasteiger partial charge on any atom is 0.407 e. The number of nitrogens with one attached hydrogen (secondary N) is 2. The fourth-order valence-corrected chi connectivity index (χ4v) is 3.98. The molecule has 0 radical (unpaired) electrons. The molecule has 0 saturated heterocycles. The minimum atomic E-state index is -0.379. The van der Waals surface area contributed by atoms with E-state index in [0.29, 0.717) is 6.61 Å². The van der Waals surface area contributed by atoms with Crippen molar-refractivity contribution in [3.63, 3.8) is 0 Å². The summed E-state index contributed by atoms with van der Waals surface area (Å²) in [5, 5.41) is 6.13. The molecule has 2 aromatic rings. The van der Waals surface area contributed by atoms with Gasteiger partial charge in [0.1, 0.15) is 6.61 Å². The number of carbonyl (C=O) groups is 1. The van der Waals surface area contributed by atoms with E-state index in [1.165, 1.54) is 11.1 Å². The molecular formula is C23H29N3O2S. The molecule has 0 bridgehead atoms. The normalized spacial score (nSPS) is 15.1. The van der Waals surface area contributed by atoms with E-state index in [9.17, 15) is 4.79 Å². The van der Waals surface area contributed by atoms with Crippen molar-refractivity contribution in [3.8, 4) is 0 Å². The second-order valence-corrected chi connectivity index (χ2v) is 8.34. The van der Waals surface area contributed by atoms with Gasteiger partial charge in [-0.25, -0.2) is 4.79 Å². The number of hydrogen-bond donors (Lipinski definition) is 3. The Morgan fingerprint density at radius 3 is 2.31 bits per heavy atom. The van der Waals surface area contributed by atoms with E-state index in [-0.39, 0.29) is 18.2 Å². The van der Waals surface area contributed by atoms with Crippen molar-refractivity contribution >= 4 is 17.9 Å². The highest BCUT2D eigenvalue weighted by molar-refractivity contribution is 8.03. The standard InChI is InChI=1S/C23H29N3O2S/c24-20(13-18-7-3-1-4-8-18)11-12-21(14-19-9-5-2-6-10-19)26-23(27)28-16-22-15-25-17-29-22/h1-10,15,20-21,25H,11-14,16-17,24H2,(H,26,27)/t20-,21-/m1/s1. The summed E-state index contributed by atoms with van der Waals surface area (Å²) in [5.41, 5.74) is 8.78. The number of rotatable bonds is 10. The van der Waals surface area contributed by atoms with Crippen LogP contribution in [0, 0.1) is 0 Å². The van der Waals surface area contributed by atoms with Gasteiger partial charge in [-0.05, 0) is 36.8 Å². The molecule has 2 aromatic carbocycles. The molecule has 0 unspecified atom stereocenters. The molecule has 0 aromatic heterocycles. The van der Waals surface area contributed by atoms with E-state index >= 15 is 0 Å². The Morgan fingerprint density at radius 1 is 1.03 bits per heavy atom. The molecule has 0 aliphatic carbocycles.